The second kappa shape index (κ2) is 3.54. The van der Waals surface area contributed by atoms with E-state index in [0.29, 0.717) is 12.3 Å². The van der Waals surface area contributed by atoms with E-state index in [1.54, 1.807) is 12.1 Å². The van der Waals surface area contributed by atoms with Crippen LogP contribution < -0.4 is 0 Å². The van der Waals surface area contributed by atoms with Crippen molar-refractivity contribution in [3.8, 4) is 5.75 Å². The first-order chi connectivity index (χ1) is 10.5. The van der Waals surface area contributed by atoms with Gasteiger partial charge in [0.2, 0.25) is 0 Å². The molecule has 0 unspecified atom stereocenters. The van der Waals surface area contributed by atoms with Gasteiger partial charge in [-0.05, 0) is 53.3 Å². The van der Waals surface area contributed by atoms with Crippen molar-refractivity contribution in [2.45, 2.75) is 37.7 Å². The first-order valence-electron chi connectivity index (χ1n) is 7.95. The van der Waals surface area contributed by atoms with Gasteiger partial charge in [-0.2, -0.15) is 0 Å². The van der Waals surface area contributed by atoms with Crippen molar-refractivity contribution in [3.63, 3.8) is 0 Å². The zero-order valence-corrected chi connectivity index (χ0v) is 12.5. The molecule has 0 aromatic heterocycles. The van der Waals surface area contributed by atoms with Crippen LogP contribution in [0.1, 0.15) is 42.1 Å². The third kappa shape index (κ3) is 1.18. The summed E-state index contributed by atoms with van der Waals surface area (Å²) in [7, 11) is 0. The number of ketones is 1. The fraction of sp³-hybridized carbons (Fsp3) is 0.421. The zero-order chi connectivity index (χ0) is 15.3. The van der Waals surface area contributed by atoms with E-state index in [0.717, 1.165) is 34.7 Å². The summed E-state index contributed by atoms with van der Waals surface area (Å²) in [6.07, 6.45) is 1.96. The summed E-state index contributed by atoms with van der Waals surface area (Å²) < 4.78 is 0. The maximum Gasteiger partial charge on any atom is 0.164 e. The van der Waals surface area contributed by atoms with Crippen LogP contribution in [0.3, 0.4) is 0 Å². The van der Waals surface area contributed by atoms with Gasteiger partial charge < -0.3 is 10.2 Å². The summed E-state index contributed by atoms with van der Waals surface area (Å²) in [6.45, 7) is 2.09. The van der Waals surface area contributed by atoms with E-state index in [1.165, 1.54) is 0 Å². The van der Waals surface area contributed by atoms with E-state index >= 15 is 0 Å². The minimum absolute atomic E-state index is 0.0122. The van der Waals surface area contributed by atoms with Gasteiger partial charge in [0.25, 0.3) is 0 Å². The Balaban J connectivity index is 1.85. The predicted octanol–water partition coefficient (Wildman–Crippen LogP) is 3.16. The molecule has 112 valence electrons. The average Bonchev–Trinajstić information content (AvgIpc) is 3.14. The number of aromatic hydroxyl groups is 1. The maximum atomic E-state index is 12.9. The summed E-state index contributed by atoms with van der Waals surface area (Å²) in [4.78, 5) is 12.9. The molecule has 3 heteroatoms. The third-order valence-corrected chi connectivity index (χ3v) is 6.66. The minimum atomic E-state index is -0.376. The molecule has 2 fully saturated rings. The van der Waals surface area contributed by atoms with Crippen molar-refractivity contribution in [2.24, 2.45) is 11.3 Å². The SMILES string of the molecule is C[C@]12CC(=O)c3c(ccc4cc(O)ccc34)[C@@]13C[C@H]3C[C@@H]2O. The van der Waals surface area contributed by atoms with E-state index in [1.807, 2.05) is 12.1 Å². The number of carbonyl (C=O) groups is 1. The van der Waals surface area contributed by atoms with Crippen LogP contribution in [-0.2, 0) is 5.41 Å². The van der Waals surface area contributed by atoms with Crippen LogP contribution in [0.15, 0.2) is 30.3 Å². The number of phenolic OH excluding ortho intramolecular Hbond substituents is 1. The number of hydrogen-bond donors (Lipinski definition) is 2. The molecule has 2 saturated carbocycles. The number of benzene rings is 2. The lowest BCUT2D eigenvalue weighted by molar-refractivity contribution is 0.0221. The molecular formula is C19H18O3. The molecule has 3 aliphatic carbocycles. The van der Waals surface area contributed by atoms with Gasteiger partial charge in [0, 0.05) is 22.8 Å². The van der Waals surface area contributed by atoms with Crippen LogP contribution in [0.2, 0.25) is 0 Å². The molecule has 2 aromatic rings. The number of rotatable bonds is 0. The van der Waals surface area contributed by atoms with Crippen LogP contribution in [0.4, 0.5) is 0 Å². The number of aliphatic hydroxyl groups excluding tert-OH is 1. The van der Waals surface area contributed by atoms with Gasteiger partial charge in [0.1, 0.15) is 5.75 Å². The van der Waals surface area contributed by atoms with Crippen LogP contribution >= 0.6 is 0 Å². The Kier molecular flexibility index (Phi) is 2.04. The molecule has 22 heavy (non-hydrogen) atoms. The molecule has 0 heterocycles. The van der Waals surface area contributed by atoms with E-state index in [2.05, 4.69) is 13.0 Å². The molecule has 3 aliphatic rings. The van der Waals surface area contributed by atoms with E-state index in [-0.39, 0.29) is 28.5 Å². The monoisotopic (exact) mass is 294 g/mol. The van der Waals surface area contributed by atoms with Crippen LogP contribution in [0.25, 0.3) is 10.8 Å². The summed E-state index contributed by atoms with van der Waals surface area (Å²) in [5, 5.41) is 22.0. The largest absolute Gasteiger partial charge is 0.508 e. The van der Waals surface area contributed by atoms with Crippen LogP contribution in [0, 0.1) is 11.3 Å². The summed E-state index contributed by atoms with van der Waals surface area (Å²) in [5.74, 6) is 0.860. The molecule has 0 saturated heterocycles. The Morgan fingerprint density at radius 1 is 1.23 bits per heavy atom. The molecule has 3 nitrogen and oxygen atoms in total. The lowest BCUT2D eigenvalue weighted by Crippen LogP contribution is -2.45. The number of carbonyl (C=O) groups excluding carboxylic acids is 1. The highest BCUT2D eigenvalue weighted by Gasteiger charge is 2.74. The summed E-state index contributed by atoms with van der Waals surface area (Å²) in [5.41, 5.74) is 1.63. The molecular weight excluding hydrogens is 276 g/mol. The highest BCUT2D eigenvalue weighted by Crippen LogP contribution is 2.75. The number of Topliss-reactive ketones (excluding diaryl/α,β-unsaturated/α-hetero) is 1. The fourth-order valence-corrected chi connectivity index (χ4v) is 5.47. The van der Waals surface area contributed by atoms with Gasteiger partial charge in [-0.15, -0.1) is 0 Å². The second-order valence-corrected chi connectivity index (χ2v) is 7.53. The van der Waals surface area contributed by atoms with Gasteiger partial charge in [0.15, 0.2) is 5.78 Å². The topological polar surface area (TPSA) is 57.5 Å². The molecule has 0 radical (unpaired) electrons. The van der Waals surface area contributed by atoms with Gasteiger partial charge in [-0.1, -0.05) is 19.1 Å². The maximum absolute atomic E-state index is 12.9. The van der Waals surface area contributed by atoms with E-state index < -0.39 is 0 Å². The molecule has 1 spiro atoms. The number of hydrogen-bond acceptors (Lipinski definition) is 3. The van der Waals surface area contributed by atoms with Crippen LogP contribution in [-0.4, -0.2) is 22.1 Å². The predicted molar refractivity (Wildman–Crippen MR) is 83.1 cm³/mol. The number of aliphatic hydroxyl groups is 1. The van der Waals surface area contributed by atoms with Gasteiger partial charge >= 0.3 is 0 Å². The third-order valence-electron chi connectivity index (χ3n) is 6.66. The molecule has 2 aromatic carbocycles. The van der Waals surface area contributed by atoms with Crippen molar-refractivity contribution in [1.82, 2.24) is 0 Å². The number of phenols is 1. The molecule has 5 rings (SSSR count). The lowest BCUT2D eigenvalue weighted by atomic mass is 9.61. The van der Waals surface area contributed by atoms with Crippen molar-refractivity contribution in [1.29, 1.82) is 0 Å². The Hall–Kier alpha value is -1.87. The van der Waals surface area contributed by atoms with E-state index in [9.17, 15) is 15.0 Å². The lowest BCUT2D eigenvalue weighted by Gasteiger charge is -2.42. The molecule has 2 N–H and O–H groups in total. The molecule has 0 amide bonds. The Labute approximate surface area is 128 Å². The summed E-state index contributed by atoms with van der Waals surface area (Å²) >= 11 is 0. The van der Waals surface area contributed by atoms with Gasteiger partial charge in [-0.25, -0.2) is 0 Å². The first-order valence-corrected chi connectivity index (χ1v) is 7.95. The zero-order valence-electron chi connectivity index (χ0n) is 12.5. The highest BCUT2D eigenvalue weighted by molar-refractivity contribution is 6.11. The van der Waals surface area contributed by atoms with Crippen molar-refractivity contribution in [3.05, 3.63) is 41.5 Å². The molecule has 0 bridgehead atoms. The van der Waals surface area contributed by atoms with Crippen molar-refractivity contribution < 1.29 is 15.0 Å². The standard InChI is InChI=1S/C19H18O3/c1-18-9-15(21)17-13-4-3-12(20)6-10(13)2-5-14(17)19(18)8-11(19)7-16(18)22/h2-6,11,16,20,22H,7-9H2,1H3/t11-,16+,18-,19+/m1/s1. The normalized spacial score (nSPS) is 38.5. The Morgan fingerprint density at radius 3 is 2.86 bits per heavy atom. The van der Waals surface area contributed by atoms with Gasteiger partial charge in [0.05, 0.1) is 6.10 Å². The minimum Gasteiger partial charge on any atom is -0.508 e. The molecule has 0 aliphatic heterocycles. The second-order valence-electron chi connectivity index (χ2n) is 7.53. The summed E-state index contributed by atoms with van der Waals surface area (Å²) in [6, 6.07) is 9.27. The highest BCUT2D eigenvalue weighted by atomic mass is 16.3. The Bertz CT molecular complexity index is 855. The smallest absolute Gasteiger partial charge is 0.164 e. The quantitative estimate of drug-likeness (QED) is 0.784. The average molecular weight is 294 g/mol. The van der Waals surface area contributed by atoms with Gasteiger partial charge in [-0.3, -0.25) is 4.79 Å². The number of fused-ring (bicyclic) bond motifs is 3. The fourth-order valence-electron chi connectivity index (χ4n) is 5.47. The molecule has 4 atom stereocenters. The first kappa shape index (κ1) is 12.7. The van der Waals surface area contributed by atoms with E-state index in [4.69, 9.17) is 0 Å². The van der Waals surface area contributed by atoms with Crippen molar-refractivity contribution >= 4 is 16.6 Å². The van der Waals surface area contributed by atoms with Crippen molar-refractivity contribution in [2.75, 3.05) is 0 Å². The Morgan fingerprint density at radius 2 is 2.05 bits per heavy atom. The van der Waals surface area contributed by atoms with Crippen LogP contribution in [0.5, 0.6) is 5.75 Å².